The zero-order valence-corrected chi connectivity index (χ0v) is 20.5. The van der Waals surface area contributed by atoms with Crippen molar-refractivity contribution in [3.05, 3.63) is 53.9 Å². The Kier molecular flexibility index (Phi) is 8.59. The monoisotopic (exact) mass is 496 g/mol. The second kappa shape index (κ2) is 11.5. The van der Waals surface area contributed by atoms with Crippen LogP contribution in [0.4, 0.5) is 22.0 Å². The van der Waals surface area contributed by atoms with Crippen molar-refractivity contribution in [3.63, 3.8) is 0 Å². The highest BCUT2D eigenvalue weighted by atomic mass is 19.3. The summed E-state index contributed by atoms with van der Waals surface area (Å²) >= 11 is 0. The number of halogens is 5. The van der Waals surface area contributed by atoms with Gasteiger partial charge in [0, 0.05) is 12.1 Å². The number of allylic oxidation sites excluding steroid dienone is 4. The Morgan fingerprint density at radius 1 is 0.829 bits per heavy atom. The highest BCUT2D eigenvalue weighted by Gasteiger charge is 2.45. The minimum absolute atomic E-state index is 0.290. The smallest absolute Gasteiger partial charge is 0.400 e. The minimum Gasteiger partial charge on any atom is -0.432 e. The average Bonchev–Trinajstić information content (AvgIpc) is 2.86. The van der Waals surface area contributed by atoms with E-state index in [2.05, 4.69) is 36.0 Å². The number of rotatable bonds is 7. The molecule has 3 aliphatic carbocycles. The van der Waals surface area contributed by atoms with E-state index in [1.165, 1.54) is 32.1 Å². The normalized spacial score (nSPS) is 32.2. The van der Waals surface area contributed by atoms with Crippen molar-refractivity contribution in [3.8, 4) is 5.75 Å². The van der Waals surface area contributed by atoms with Crippen LogP contribution in [0.1, 0.15) is 77.6 Å². The van der Waals surface area contributed by atoms with E-state index in [0.717, 1.165) is 18.8 Å². The maximum atomic E-state index is 14.7. The van der Waals surface area contributed by atoms with E-state index in [1.54, 1.807) is 0 Å². The zero-order valence-electron chi connectivity index (χ0n) is 20.5. The van der Waals surface area contributed by atoms with Crippen LogP contribution >= 0.6 is 0 Å². The SMILES string of the molecule is CCC1CCC(/C=C/C2C=CC(C3CCC(C(F)(F)Oc4cc(F)c(F)c(F)c4)CC3)CC2)CC1. The first-order valence-corrected chi connectivity index (χ1v) is 13.3. The second-order valence-corrected chi connectivity index (χ2v) is 10.8. The molecule has 0 aromatic heterocycles. The zero-order chi connectivity index (χ0) is 25.0. The molecule has 2 fully saturated rings. The van der Waals surface area contributed by atoms with Crippen molar-refractivity contribution >= 4 is 0 Å². The van der Waals surface area contributed by atoms with E-state index in [1.807, 2.05) is 0 Å². The van der Waals surface area contributed by atoms with Gasteiger partial charge in [0.15, 0.2) is 17.5 Å². The lowest BCUT2D eigenvalue weighted by atomic mass is 9.71. The molecule has 0 spiro atoms. The highest BCUT2D eigenvalue weighted by Crippen LogP contribution is 2.44. The topological polar surface area (TPSA) is 9.23 Å². The molecule has 2 saturated carbocycles. The van der Waals surface area contributed by atoms with Gasteiger partial charge in [-0.25, -0.2) is 13.2 Å². The number of hydrogen-bond donors (Lipinski definition) is 0. The summed E-state index contributed by atoms with van der Waals surface area (Å²) in [7, 11) is 0. The molecule has 2 atom stereocenters. The molecule has 194 valence electrons. The lowest BCUT2D eigenvalue weighted by molar-refractivity contribution is -0.224. The Balaban J connectivity index is 1.24. The fourth-order valence-corrected chi connectivity index (χ4v) is 6.22. The maximum absolute atomic E-state index is 14.7. The molecule has 4 rings (SSSR count). The molecule has 0 amide bonds. The molecule has 0 aliphatic heterocycles. The number of benzene rings is 1. The van der Waals surface area contributed by atoms with E-state index in [4.69, 9.17) is 0 Å². The van der Waals surface area contributed by atoms with Crippen molar-refractivity contribution in [2.75, 3.05) is 0 Å². The molecule has 0 saturated heterocycles. The fourth-order valence-electron chi connectivity index (χ4n) is 6.22. The lowest BCUT2D eigenvalue weighted by Crippen LogP contribution is -2.38. The van der Waals surface area contributed by atoms with Crippen LogP contribution in [0.2, 0.25) is 0 Å². The number of ether oxygens (including phenoxy) is 1. The van der Waals surface area contributed by atoms with E-state index in [0.29, 0.717) is 48.6 Å². The van der Waals surface area contributed by atoms with Crippen LogP contribution in [0.3, 0.4) is 0 Å². The third-order valence-corrected chi connectivity index (χ3v) is 8.60. The average molecular weight is 497 g/mol. The van der Waals surface area contributed by atoms with Crippen LogP contribution in [0.15, 0.2) is 36.4 Å². The molecule has 0 N–H and O–H groups in total. The third kappa shape index (κ3) is 6.68. The Hall–Kier alpha value is -1.85. The summed E-state index contributed by atoms with van der Waals surface area (Å²) in [5.41, 5.74) is 0. The summed E-state index contributed by atoms with van der Waals surface area (Å²) < 4.78 is 73.8. The van der Waals surface area contributed by atoms with E-state index in [9.17, 15) is 22.0 Å². The summed E-state index contributed by atoms with van der Waals surface area (Å²) in [6.07, 6.45) is 16.5. The summed E-state index contributed by atoms with van der Waals surface area (Å²) in [6, 6.07) is 0.928. The summed E-state index contributed by atoms with van der Waals surface area (Å²) in [6.45, 7) is 2.29. The van der Waals surface area contributed by atoms with Gasteiger partial charge in [-0.1, -0.05) is 37.6 Å². The van der Waals surface area contributed by atoms with Gasteiger partial charge in [-0.2, -0.15) is 8.78 Å². The predicted octanol–water partition coefficient (Wildman–Crippen LogP) is 9.24. The van der Waals surface area contributed by atoms with Crippen LogP contribution in [-0.2, 0) is 0 Å². The molecule has 1 aromatic rings. The Morgan fingerprint density at radius 2 is 1.49 bits per heavy atom. The van der Waals surface area contributed by atoms with E-state index in [-0.39, 0.29) is 12.8 Å². The quantitative estimate of drug-likeness (QED) is 0.208. The van der Waals surface area contributed by atoms with Crippen molar-refractivity contribution in [1.29, 1.82) is 0 Å². The standard InChI is InChI=1S/C29H37F5O/c1-2-19-3-5-20(6-4-19)7-8-21-9-11-22(12-10-21)23-13-15-24(16-14-23)29(33,34)35-25-17-26(30)28(32)27(31)18-25/h7-9,11,17-24H,2-6,10,12-16H2,1H3/b8-7+. The van der Waals surface area contributed by atoms with Crippen molar-refractivity contribution < 1.29 is 26.7 Å². The van der Waals surface area contributed by atoms with Crippen molar-refractivity contribution in [2.24, 2.45) is 35.5 Å². The van der Waals surface area contributed by atoms with Gasteiger partial charge in [-0.3, -0.25) is 0 Å². The summed E-state index contributed by atoms with van der Waals surface area (Å²) in [5.74, 6) is -3.62. The molecule has 6 heteroatoms. The van der Waals surface area contributed by atoms with Gasteiger partial charge >= 0.3 is 6.11 Å². The number of alkyl halides is 2. The maximum Gasteiger partial charge on any atom is 0.400 e. The first-order chi connectivity index (χ1) is 16.7. The first-order valence-electron chi connectivity index (χ1n) is 13.3. The van der Waals surface area contributed by atoms with E-state index < -0.39 is 35.2 Å². The van der Waals surface area contributed by atoms with Gasteiger partial charge in [0.2, 0.25) is 0 Å². The first kappa shape index (κ1) is 26.2. The molecule has 0 radical (unpaired) electrons. The Bertz CT molecular complexity index is 871. The minimum atomic E-state index is -3.56. The molecule has 2 unspecified atom stereocenters. The molecular weight excluding hydrogens is 459 g/mol. The predicted molar refractivity (Wildman–Crippen MR) is 128 cm³/mol. The van der Waals surface area contributed by atoms with Gasteiger partial charge in [-0.15, -0.1) is 0 Å². The molecule has 0 heterocycles. The molecule has 3 aliphatic rings. The van der Waals surface area contributed by atoms with Gasteiger partial charge < -0.3 is 4.74 Å². The second-order valence-electron chi connectivity index (χ2n) is 10.8. The Labute approximate surface area is 205 Å². The Morgan fingerprint density at radius 3 is 2.06 bits per heavy atom. The van der Waals surface area contributed by atoms with Crippen LogP contribution in [0.5, 0.6) is 5.75 Å². The van der Waals surface area contributed by atoms with Gasteiger partial charge in [-0.05, 0) is 93.8 Å². The molecule has 35 heavy (non-hydrogen) atoms. The molecule has 1 nitrogen and oxygen atoms in total. The van der Waals surface area contributed by atoms with Crippen LogP contribution in [0.25, 0.3) is 0 Å². The summed E-state index contributed by atoms with van der Waals surface area (Å²) in [5, 5.41) is 0. The largest absolute Gasteiger partial charge is 0.432 e. The third-order valence-electron chi connectivity index (χ3n) is 8.60. The molecular formula is C29H37F5O. The molecule has 1 aromatic carbocycles. The summed E-state index contributed by atoms with van der Waals surface area (Å²) in [4.78, 5) is 0. The molecule has 0 bridgehead atoms. The van der Waals surface area contributed by atoms with Crippen LogP contribution < -0.4 is 4.74 Å². The number of hydrogen-bond acceptors (Lipinski definition) is 1. The van der Waals surface area contributed by atoms with E-state index >= 15 is 0 Å². The van der Waals surface area contributed by atoms with Crippen molar-refractivity contribution in [1.82, 2.24) is 0 Å². The van der Waals surface area contributed by atoms with Gasteiger partial charge in [0.05, 0.1) is 5.92 Å². The van der Waals surface area contributed by atoms with Crippen molar-refractivity contribution in [2.45, 2.75) is 83.7 Å². The highest BCUT2D eigenvalue weighted by molar-refractivity contribution is 5.25. The van der Waals surface area contributed by atoms with Gasteiger partial charge in [0.25, 0.3) is 0 Å². The van der Waals surface area contributed by atoms with Crippen LogP contribution in [-0.4, -0.2) is 6.11 Å². The lowest BCUT2D eigenvalue weighted by Gasteiger charge is -2.37. The van der Waals surface area contributed by atoms with Gasteiger partial charge in [0.1, 0.15) is 5.75 Å². The van der Waals surface area contributed by atoms with Crippen LogP contribution in [0, 0.1) is 53.0 Å². The fraction of sp³-hybridized carbons (Fsp3) is 0.655.